The number of benzene rings is 7. The maximum Gasteiger partial charge on any atom is 0.0345 e. The van der Waals surface area contributed by atoms with E-state index in [2.05, 4.69) is 204 Å². The first-order valence-corrected chi connectivity index (χ1v) is 20.3. The minimum Gasteiger partial charge on any atom is -0.0610 e. The molecular weight excluding hydrogens is 673 g/mol. The van der Waals surface area contributed by atoms with E-state index in [4.69, 9.17) is 0 Å². The number of hydrogen-bond donors (Lipinski definition) is 0. The minimum absolute atomic E-state index is 0.163. The standard InChI is InChI=1S/C56H58/c1-33-24-41(9)51(28-37(33)5)55(52-29-38(6)34(2)25-42(52)10)47-20-16-45(17-21-47)49-14-13-15-50(32-49)46-18-22-48(23-19-46)56(53-30-39(7)35(3)26-43(53)11)54-31-40(8)36(4)27-44(54)12/h13-32,55-56H,1-12H3. The smallest absolute Gasteiger partial charge is 0.0345 e. The lowest BCUT2D eigenvalue weighted by Crippen LogP contribution is -2.09. The van der Waals surface area contributed by atoms with Crippen LogP contribution >= 0.6 is 0 Å². The van der Waals surface area contributed by atoms with E-state index in [1.54, 1.807) is 0 Å². The second-order valence-corrected chi connectivity index (χ2v) is 16.9. The lowest BCUT2D eigenvalue weighted by atomic mass is 9.79. The molecule has 0 heteroatoms. The number of hydrogen-bond acceptors (Lipinski definition) is 0. The van der Waals surface area contributed by atoms with Crippen LogP contribution in [0.2, 0.25) is 0 Å². The summed E-state index contributed by atoms with van der Waals surface area (Å²) in [5.74, 6) is 0.327. The van der Waals surface area contributed by atoms with Gasteiger partial charge in [0.25, 0.3) is 0 Å². The minimum atomic E-state index is 0.163. The highest BCUT2D eigenvalue weighted by atomic mass is 14.3. The van der Waals surface area contributed by atoms with E-state index < -0.39 is 0 Å². The molecule has 0 N–H and O–H groups in total. The second kappa shape index (κ2) is 15.6. The van der Waals surface area contributed by atoms with Gasteiger partial charge in [0, 0.05) is 11.8 Å². The van der Waals surface area contributed by atoms with Crippen molar-refractivity contribution in [1.82, 2.24) is 0 Å². The molecule has 0 aliphatic heterocycles. The molecule has 56 heavy (non-hydrogen) atoms. The Morgan fingerprint density at radius 1 is 0.232 bits per heavy atom. The Morgan fingerprint density at radius 2 is 0.482 bits per heavy atom. The van der Waals surface area contributed by atoms with Gasteiger partial charge in [-0.3, -0.25) is 0 Å². The quantitative estimate of drug-likeness (QED) is 0.137. The monoisotopic (exact) mass is 730 g/mol. The molecule has 0 atom stereocenters. The highest BCUT2D eigenvalue weighted by molar-refractivity contribution is 5.74. The predicted molar refractivity (Wildman–Crippen MR) is 242 cm³/mol. The third kappa shape index (κ3) is 7.55. The predicted octanol–water partition coefficient (Wildman–Crippen LogP) is 15.1. The van der Waals surface area contributed by atoms with Crippen LogP contribution < -0.4 is 0 Å². The van der Waals surface area contributed by atoms with E-state index >= 15 is 0 Å². The molecule has 0 saturated heterocycles. The molecule has 7 rings (SSSR count). The van der Waals surface area contributed by atoms with Crippen LogP contribution in [0.15, 0.2) is 121 Å². The molecule has 0 fully saturated rings. The maximum atomic E-state index is 2.42. The Bertz CT molecular complexity index is 2280. The Morgan fingerprint density at radius 3 is 0.750 bits per heavy atom. The van der Waals surface area contributed by atoms with E-state index in [1.165, 1.54) is 122 Å². The van der Waals surface area contributed by atoms with Gasteiger partial charge in [0.15, 0.2) is 0 Å². The van der Waals surface area contributed by atoms with Crippen LogP contribution in [0.1, 0.15) is 112 Å². The van der Waals surface area contributed by atoms with Crippen molar-refractivity contribution in [1.29, 1.82) is 0 Å². The number of aryl methyl sites for hydroxylation is 12. The van der Waals surface area contributed by atoms with E-state index in [0.29, 0.717) is 0 Å². The van der Waals surface area contributed by atoms with Crippen LogP contribution in [0.25, 0.3) is 22.3 Å². The molecule has 0 heterocycles. The fourth-order valence-corrected chi connectivity index (χ4v) is 8.84. The summed E-state index contributed by atoms with van der Waals surface area (Å²) >= 11 is 0. The van der Waals surface area contributed by atoms with Gasteiger partial charge < -0.3 is 0 Å². The zero-order valence-electron chi connectivity index (χ0n) is 35.7. The number of rotatable bonds is 8. The summed E-state index contributed by atoms with van der Waals surface area (Å²) in [5.41, 5.74) is 29.3. The van der Waals surface area contributed by atoms with E-state index in [0.717, 1.165) is 0 Å². The van der Waals surface area contributed by atoms with Gasteiger partial charge in [0.1, 0.15) is 0 Å². The summed E-state index contributed by atoms with van der Waals surface area (Å²) in [5, 5.41) is 0. The topological polar surface area (TPSA) is 0 Å². The normalized spacial score (nSPS) is 11.5. The average Bonchev–Trinajstić information content (AvgIpc) is 3.17. The Kier molecular flexibility index (Phi) is 10.8. The van der Waals surface area contributed by atoms with Crippen LogP contribution in [-0.2, 0) is 0 Å². The Balaban J connectivity index is 1.24. The van der Waals surface area contributed by atoms with Crippen molar-refractivity contribution in [2.45, 2.75) is 94.9 Å². The van der Waals surface area contributed by atoms with Crippen LogP contribution in [-0.4, -0.2) is 0 Å². The zero-order chi connectivity index (χ0) is 40.0. The molecule has 0 unspecified atom stereocenters. The third-order valence-electron chi connectivity index (χ3n) is 12.8. The van der Waals surface area contributed by atoms with Gasteiger partial charge in [-0.1, -0.05) is 115 Å². The largest absolute Gasteiger partial charge is 0.0610 e. The highest BCUT2D eigenvalue weighted by Crippen LogP contribution is 2.41. The molecule has 7 aromatic carbocycles. The molecule has 0 bridgehead atoms. The SMILES string of the molecule is Cc1cc(C)c(C(c2ccc(-c3cccc(-c4ccc(C(c5cc(C)c(C)cc5C)c5cc(C)c(C)cc5C)cc4)c3)cc2)c2cc(C)c(C)cc2C)cc1C. The first kappa shape index (κ1) is 38.8. The highest BCUT2D eigenvalue weighted by Gasteiger charge is 2.24. The summed E-state index contributed by atoms with van der Waals surface area (Å²) in [6, 6.07) is 46.8. The molecule has 0 radical (unpaired) electrons. The van der Waals surface area contributed by atoms with Gasteiger partial charge >= 0.3 is 0 Å². The second-order valence-electron chi connectivity index (χ2n) is 16.9. The van der Waals surface area contributed by atoms with Crippen molar-refractivity contribution in [3.8, 4) is 22.3 Å². The maximum absolute atomic E-state index is 2.42. The van der Waals surface area contributed by atoms with E-state index in [-0.39, 0.29) is 11.8 Å². The average molecular weight is 731 g/mol. The van der Waals surface area contributed by atoms with Crippen molar-refractivity contribution in [3.63, 3.8) is 0 Å². The van der Waals surface area contributed by atoms with Crippen molar-refractivity contribution in [2.24, 2.45) is 0 Å². The molecule has 0 spiro atoms. The Labute approximate surface area is 337 Å². The van der Waals surface area contributed by atoms with Crippen molar-refractivity contribution >= 4 is 0 Å². The van der Waals surface area contributed by atoms with Gasteiger partial charge in [0.05, 0.1) is 0 Å². The Hall–Kier alpha value is -5.46. The summed E-state index contributed by atoms with van der Waals surface area (Å²) in [7, 11) is 0. The van der Waals surface area contributed by atoms with E-state index in [9.17, 15) is 0 Å². The molecule has 0 nitrogen and oxygen atoms in total. The molecule has 7 aromatic rings. The van der Waals surface area contributed by atoms with Crippen LogP contribution in [0, 0.1) is 83.1 Å². The van der Waals surface area contributed by atoms with Crippen LogP contribution in [0.3, 0.4) is 0 Å². The first-order chi connectivity index (χ1) is 26.7. The molecule has 0 aliphatic carbocycles. The molecule has 0 aliphatic rings. The first-order valence-electron chi connectivity index (χ1n) is 20.3. The molecule has 0 saturated carbocycles. The lowest BCUT2D eigenvalue weighted by Gasteiger charge is -2.25. The van der Waals surface area contributed by atoms with Gasteiger partial charge in [-0.15, -0.1) is 0 Å². The van der Waals surface area contributed by atoms with Gasteiger partial charge in [-0.05, 0) is 212 Å². The molecule has 282 valence electrons. The fourth-order valence-electron chi connectivity index (χ4n) is 8.84. The zero-order valence-corrected chi connectivity index (χ0v) is 35.7. The summed E-state index contributed by atoms with van der Waals surface area (Å²) in [6.45, 7) is 26.9. The molecule has 0 amide bonds. The van der Waals surface area contributed by atoms with E-state index in [1.807, 2.05) is 0 Å². The molecule has 0 aromatic heterocycles. The lowest BCUT2D eigenvalue weighted by molar-refractivity contribution is 0.939. The van der Waals surface area contributed by atoms with Gasteiger partial charge in [0.2, 0.25) is 0 Å². The van der Waals surface area contributed by atoms with Crippen molar-refractivity contribution < 1.29 is 0 Å². The van der Waals surface area contributed by atoms with Crippen LogP contribution in [0.5, 0.6) is 0 Å². The summed E-state index contributed by atoms with van der Waals surface area (Å²) in [6.07, 6.45) is 0. The summed E-state index contributed by atoms with van der Waals surface area (Å²) in [4.78, 5) is 0. The van der Waals surface area contributed by atoms with Crippen LogP contribution in [0.4, 0.5) is 0 Å². The van der Waals surface area contributed by atoms with Crippen molar-refractivity contribution in [3.05, 3.63) is 221 Å². The third-order valence-corrected chi connectivity index (χ3v) is 12.8. The summed E-state index contributed by atoms with van der Waals surface area (Å²) < 4.78 is 0. The van der Waals surface area contributed by atoms with Crippen molar-refractivity contribution in [2.75, 3.05) is 0 Å². The van der Waals surface area contributed by atoms with Gasteiger partial charge in [-0.25, -0.2) is 0 Å². The molecular formula is C56H58. The fraction of sp³-hybridized carbons (Fsp3) is 0.250. The van der Waals surface area contributed by atoms with Gasteiger partial charge in [-0.2, -0.15) is 0 Å².